The van der Waals surface area contributed by atoms with E-state index < -0.39 is 0 Å². The molecule has 0 aliphatic carbocycles. The van der Waals surface area contributed by atoms with E-state index in [0.717, 1.165) is 21.1 Å². The van der Waals surface area contributed by atoms with Crippen LogP contribution in [-0.4, -0.2) is 17.0 Å². The summed E-state index contributed by atoms with van der Waals surface area (Å²) in [6.45, 7) is 1.95. The minimum Gasteiger partial charge on any atom is -0.333 e. The number of nitrogens with one attached hydrogen (secondary N) is 2. The van der Waals surface area contributed by atoms with Crippen LogP contribution >= 0.6 is 11.8 Å². The van der Waals surface area contributed by atoms with Crippen LogP contribution in [0, 0.1) is 5.82 Å². The number of benzene rings is 2. The third-order valence-corrected chi connectivity index (χ3v) is 4.42. The maximum absolute atomic E-state index is 14.1. The first kappa shape index (κ1) is 14.1. The average molecular weight is 301 g/mol. The molecule has 2 N–H and O–H groups in total. The lowest BCUT2D eigenvalue weighted by Gasteiger charge is -2.15. The summed E-state index contributed by atoms with van der Waals surface area (Å²) in [4.78, 5) is 8.66. The third-order valence-electron chi connectivity index (χ3n) is 3.45. The molecule has 0 radical (unpaired) electrons. The van der Waals surface area contributed by atoms with Gasteiger partial charge in [0.1, 0.15) is 5.82 Å². The van der Waals surface area contributed by atoms with Crippen LogP contribution in [0.3, 0.4) is 0 Å². The first-order valence-electron chi connectivity index (χ1n) is 6.77. The molecule has 2 aromatic carbocycles. The molecule has 1 atom stereocenters. The first-order valence-corrected chi connectivity index (χ1v) is 7.59. The fourth-order valence-corrected chi connectivity index (χ4v) is 3.30. The van der Waals surface area contributed by atoms with Gasteiger partial charge in [-0.2, -0.15) is 0 Å². The van der Waals surface area contributed by atoms with Gasteiger partial charge in [-0.3, -0.25) is 0 Å². The number of aromatic amines is 1. The van der Waals surface area contributed by atoms with Gasteiger partial charge in [-0.15, -0.1) is 0 Å². The van der Waals surface area contributed by atoms with E-state index in [4.69, 9.17) is 0 Å². The SMILES string of the molecule is CNC(C)c1c(F)cccc1Sc1nc2ccccc2[nH]1. The molecular formula is C16H16FN3S. The second kappa shape index (κ2) is 5.87. The van der Waals surface area contributed by atoms with Gasteiger partial charge in [0.2, 0.25) is 0 Å². The number of aromatic nitrogens is 2. The molecule has 0 aliphatic rings. The molecule has 5 heteroatoms. The molecule has 0 amide bonds. The first-order chi connectivity index (χ1) is 10.2. The van der Waals surface area contributed by atoms with Crippen LogP contribution in [-0.2, 0) is 0 Å². The Morgan fingerprint density at radius 1 is 1.19 bits per heavy atom. The van der Waals surface area contributed by atoms with Crippen LogP contribution in [0.1, 0.15) is 18.5 Å². The fraction of sp³-hybridized carbons (Fsp3) is 0.188. The zero-order valence-electron chi connectivity index (χ0n) is 11.9. The van der Waals surface area contributed by atoms with Gasteiger partial charge in [-0.05, 0) is 38.2 Å². The molecule has 0 aliphatic heterocycles. The van der Waals surface area contributed by atoms with Gasteiger partial charge >= 0.3 is 0 Å². The predicted octanol–water partition coefficient (Wildman–Crippen LogP) is 4.13. The average Bonchev–Trinajstić information content (AvgIpc) is 2.89. The summed E-state index contributed by atoms with van der Waals surface area (Å²) < 4.78 is 14.1. The number of imidazole rings is 1. The molecule has 0 spiro atoms. The van der Waals surface area contributed by atoms with Crippen molar-refractivity contribution in [3.63, 3.8) is 0 Å². The summed E-state index contributed by atoms with van der Waals surface area (Å²) in [5.74, 6) is -0.196. The highest BCUT2D eigenvalue weighted by Crippen LogP contribution is 2.34. The molecular weight excluding hydrogens is 285 g/mol. The van der Waals surface area contributed by atoms with E-state index in [9.17, 15) is 4.39 Å². The summed E-state index contributed by atoms with van der Waals surface area (Å²) in [6, 6.07) is 12.9. The third kappa shape index (κ3) is 2.80. The number of hydrogen-bond acceptors (Lipinski definition) is 3. The molecule has 1 aromatic heterocycles. The zero-order valence-corrected chi connectivity index (χ0v) is 12.7. The van der Waals surface area contributed by atoms with Gasteiger partial charge in [-0.25, -0.2) is 9.37 Å². The molecule has 108 valence electrons. The van der Waals surface area contributed by atoms with Crippen molar-refractivity contribution in [3.8, 4) is 0 Å². The zero-order chi connectivity index (χ0) is 14.8. The van der Waals surface area contributed by atoms with Crippen molar-refractivity contribution in [1.29, 1.82) is 0 Å². The Bertz CT molecular complexity index is 736. The highest BCUT2D eigenvalue weighted by Gasteiger charge is 2.16. The Morgan fingerprint density at radius 3 is 2.76 bits per heavy atom. The summed E-state index contributed by atoms with van der Waals surface area (Å²) >= 11 is 1.45. The van der Waals surface area contributed by atoms with Gasteiger partial charge in [0, 0.05) is 16.5 Å². The molecule has 21 heavy (non-hydrogen) atoms. The fourth-order valence-electron chi connectivity index (χ4n) is 2.25. The highest BCUT2D eigenvalue weighted by atomic mass is 32.2. The van der Waals surface area contributed by atoms with E-state index in [-0.39, 0.29) is 11.9 Å². The maximum atomic E-state index is 14.1. The number of rotatable bonds is 4. The van der Waals surface area contributed by atoms with E-state index in [0.29, 0.717) is 5.56 Å². The Hall–Kier alpha value is -1.85. The lowest BCUT2D eigenvalue weighted by molar-refractivity contribution is 0.552. The van der Waals surface area contributed by atoms with Crippen LogP contribution in [0.5, 0.6) is 0 Å². The van der Waals surface area contributed by atoms with Crippen LogP contribution in [0.15, 0.2) is 52.5 Å². The minimum absolute atomic E-state index is 0.0573. The maximum Gasteiger partial charge on any atom is 0.171 e. The van der Waals surface area contributed by atoms with E-state index >= 15 is 0 Å². The van der Waals surface area contributed by atoms with Crippen LogP contribution in [0.4, 0.5) is 4.39 Å². The van der Waals surface area contributed by atoms with Gasteiger partial charge in [0.25, 0.3) is 0 Å². The largest absolute Gasteiger partial charge is 0.333 e. The molecule has 1 heterocycles. The molecule has 3 nitrogen and oxygen atoms in total. The van der Waals surface area contributed by atoms with Crippen LogP contribution in [0.2, 0.25) is 0 Å². The summed E-state index contributed by atoms with van der Waals surface area (Å²) in [6.07, 6.45) is 0. The molecule has 0 fully saturated rings. The normalized spacial score (nSPS) is 12.7. The lowest BCUT2D eigenvalue weighted by Crippen LogP contribution is -2.14. The summed E-state index contributed by atoms with van der Waals surface area (Å²) in [5.41, 5.74) is 2.57. The molecule has 3 rings (SSSR count). The van der Waals surface area contributed by atoms with Crippen molar-refractivity contribution in [2.24, 2.45) is 0 Å². The van der Waals surface area contributed by atoms with Crippen molar-refractivity contribution in [2.75, 3.05) is 7.05 Å². The van der Waals surface area contributed by atoms with Crippen molar-refractivity contribution in [3.05, 3.63) is 53.8 Å². The highest BCUT2D eigenvalue weighted by molar-refractivity contribution is 7.99. The number of H-pyrrole nitrogens is 1. The van der Waals surface area contributed by atoms with Gasteiger partial charge in [0.05, 0.1) is 11.0 Å². The quantitative estimate of drug-likeness (QED) is 0.761. The Morgan fingerprint density at radius 2 is 2.00 bits per heavy atom. The number of para-hydroxylation sites is 2. The number of nitrogens with zero attached hydrogens (tertiary/aromatic N) is 1. The van der Waals surface area contributed by atoms with Gasteiger partial charge in [0.15, 0.2) is 5.16 Å². The standard InChI is InChI=1S/C16H16FN3S/c1-10(18-2)15-11(17)6-5-9-14(15)21-16-19-12-7-3-4-8-13(12)20-16/h3-10,18H,1-2H3,(H,19,20). The smallest absolute Gasteiger partial charge is 0.171 e. The van der Waals surface area contributed by atoms with Gasteiger partial charge in [-0.1, -0.05) is 30.0 Å². The monoisotopic (exact) mass is 301 g/mol. The molecule has 0 saturated heterocycles. The van der Waals surface area contributed by atoms with Crippen molar-refractivity contribution < 1.29 is 4.39 Å². The van der Waals surface area contributed by atoms with Crippen LogP contribution < -0.4 is 5.32 Å². The second-order valence-corrected chi connectivity index (χ2v) is 5.85. The number of halogens is 1. The molecule has 1 unspecified atom stereocenters. The van der Waals surface area contributed by atoms with Crippen molar-refractivity contribution in [1.82, 2.24) is 15.3 Å². The second-order valence-electron chi connectivity index (χ2n) is 4.82. The lowest BCUT2D eigenvalue weighted by atomic mass is 10.1. The summed E-state index contributed by atoms with van der Waals surface area (Å²) in [7, 11) is 1.83. The van der Waals surface area contributed by atoms with Crippen molar-refractivity contribution >= 4 is 22.8 Å². The molecule has 0 saturated carbocycles. The Labute approximate surface area is 127 Å². The number of fused-ring (bicyclic) bond motifs is 1. The van der Waals surface area contributed by atoms with E-state index in [1.165, 1.54) is 17.8 Å². The Balaban J connectivity index is 1.99. The van der Waals surface area contributed by atoms with E-state index in [1.54, 1.807) is 6.07 Å². The van der Waals surface area contributed by atoms with E-state index in [2.05, 4.69) is 15.3 Å². The van der Waals surface area contributed by atoms with Crippen molar-refractivity contribution in [2.45, 2.75) is 23.0 Å². The molecule has 3 aromatic rings. The summed E-state index contributed by atoms with van der Waals surface area (Å²) in [5, 5.41) is 3.86. The number of hydrogen-bond donors (Lipinski definition) is 2. The van der Waals surface area contributed by atoms with Gasteiger partial charge < -0.3 is 10.3 Å². The topological polar surface area (TPSA) is 40.7 Å². The molecule has 0 bridgehead atoms. The van der Waals surface area contributed by atoms with E-state index in [1.807, 2.05) is 44.3 Å². The predicted molar refractivity (Wildman–Crippen MR) is 84.1 cm³/mol. The van der Waals surface area contributed by atoms with Crippen LogP contribution in [0.25, 0.3) is 11.0 Å². The Kier molecular flexibility index (Phi) is 3.94. The minimum atomic E-state index is -0.196.